The highest BCUT2D eigenvalue weighted by Crippen LogP contribution is 2.38. The Balaban J connectivity index is 1.29. The molecule has 1 N–H and O–H groups in total. The van der Waals surface area contributed by atoms with Gasteiger partial charge in [0.15, 0.2) is 11.5 Å². The third kappa shape index (κ3) is 4.64. The average Bonchev–Trinajstić information content (AvgIpc) is 3.45. The van der Waals surface area contributed by atoms with E-state index >= 15 is 0 Å². The lowest BCUT2D eigenvalue weighted by Gasteiger charge is -2.17. The summed E-state index contributed by atoms with van der Waals surface area (Å²) >= 11 is 0. The van der Waals surface area contributed by atoms with Crippen LogP contribution in [0.3, 0.4) is 0 Å². The number of anilines is 2. The molecular weight excluding hydrogens is 431 g/mol. The number of aromatic nitrogens is 2. The summed E-state index contributed by atoms with van der Waals surface area (Å²) in [5.74, 6) is 5.59. The van der Waals surface area contributed by atoms with Crippen molar-refractivity contribution in [3.63, 3.8) is 0 Å². The predicted octanol–water partition coefficient (Wildman–Crippen LogP) is 5.00. The van der Waals surface area contributed by atoms with Gasteiger partial charge in [-0.15, -0.1) is 6.42 Å². The molecule has 0 spiro atoms. The molecule has 0 amide bonds. The van der Waals surface area contributed by atoms with Gasteiger partial charge in [0, 0.05) is 36.8 Å². The fraction of sp³-hybridized carbons (Fsp3) is 0.407. The Labute approximate surface area is 199 Å². The van der Waals surface area contributed by atoms with Crippen LogP contribution >= 0.6 is 0 Å². The Morgan fingerprint density at radius 1 is 1.15 bits per heavy atom. The maximum absolute atomic E-state index is 13.8. The highest BCUT2D eigenvalue weighted by atomic mass is 19.1. The summed E-state index contributed by atoms with van der Waals surface area (Å²) in [6, 6.07) is 8.28. The number of benzene rings is 2. The fourth-order valence-electron chi connectivity index (χ4n) is 5.27. The Morgan fingerprint density at radius 3 is 2.74 bits per heavy atom. The van der Waals surface area contributed by atoms with Crippen LogP contribution < -0.4 is 14.8 Å². The highest BCUT2D eigenvalue weighted by molar-refractivity contribution is 5.93. The molecule has 1 aromatic heterocycles. The molecule has 1 aliphatic carbocycles. The normalized spacial score (nSPS) is 19.7. The molecular formula is C27H29FN4O2. The molecule has 0 radical (unpaired) electrons. The number of nitrogens with one attached hydrogen (secondary N) is 1. The van der Waals surface area contributed by atoms with Crippen molar-refractivity contribution in [1.82, 2.24) is 14.9 Å². The molecule has 2 atom stereocenters. The second-order valence-electron chi connectivity index (χ2n) is 9.12. The topological polar surface area (TPSA) is 59.5 Å². The molecule has 7 heteroatoms. The summed E-state index contributed by atoms with van der Waals surface area (Å²) in [6.45, 7) is 4.14. The molecule has 2 heterocycles. The molecule has 2 aromatic carbocycles. The average molecular weight is 461 g/mol. The number of terminal acetylenes is 1. The minimum Gasteiger partial charge on any atom is -0.493 e. The van der Waals surface area contributed by atoms with Crippen molar-refractivity contribution in [2.75, 3.05) is 38.7 Å². The zero-order valence-corrected chi connectivity index (χ0v) is 19.4. The minimum absolute atomic E-state index is 0.190. The van der Waals surface area contributed by atoms with Gasteiger partial charge < -0.3 is 19.7 Å². The quantitative estimate of drug-likeness (QED) is 0.377. The summed E-state index contributed by atoms with van der Waals surface area (Å²) < 4.78 is 25.5. The molecule has 0 bridgehead atoms. The van der Waals surface area contributed by atoms with E-state index in [1.807, 2.05) is 12.1 Å². The lowest BCUT2D eigenvalue weighted by atomic mass is 10.0. The monoisotopic (exact) mass is 460 g/mol. The zero-order valence-electron chi connectivity index (χ0n) is 19.4. The van der Waals surface area contributed by atoms with Crippen LogP contribution in [-0.2, 0) is 0 Å². The molecule has 2 aliphatic rings. The van der Waals surface area contributed by atoms with Gasteiger partial charge in [-0.3, -0.25) is 0 Å². The summed E-state index contributed by atoms with van der Waals surface area (Å²) in [7, 11) is 1.62. The zero-order chi connectivity index (χ0) is 23.5. The van der Waals surface area contributed by atoms with Crippen molar-refractivity contribution in [2.45, 2.75) is 25.7 Å². The second kappa shape index (κ2) is 9.86. The second-order valence-corrected chi connectivity index (χ2v) is 9.12. The number of hydrogen-bond acceptors (Lipinski definition) is 6. The van der Waals surface area contributed by atoms with E-state index in [4.69, 9.17) is 15.9 Å². The SMILES string of the molecule is C#Cc1cc(Nc2ncnc3cc(OC)c(OCCCN4CC5CCCC5C4)cc23)ccc1F. The number of nitrogens with zero attached hydrogens (tertiary/aromatic N) is 3. The molecule has 34 heavy (non-hydrogen) atoms. The standard InChI is InChI=1S/C27H29FN4O2/c1-3-18-12-21(8-9-23(18)28)31-27-22-13-26(25(33-2)14-24(22)29-17-30-27)34-11-5-10-32-15-19-6-4-7-20(19)16-32/h1,8-9,12-14,17,19-20H,4-7,10-11,15-16H2,2H3,(H,29,30,31). The van der Waals surface area contributed by atoms with Gasteiger partial charge in [-0.1, -0.05) is 12.3 Å². The van der Waals surface area contributed by atoms with E-state index < -0.39 is 5.82 Å². The van der Waals surface area contributed by atoms with E-state index in [1.54, 1.807) is 19.2 Å². The maximum Gasteiger partial charge on any atom is 0.162 e. The van der Waals surface area contributed by atoms with E-state index in [1.165, 1.54) is 44.7 Å². The summed E-state index contributed by atoms with van der Waals surface area (Å²) in [5.41, 5.74) is 1.54. The van der Waals surface area contributed by atoms with Gasteiger partial charge >= 0.3 is 0 Å². The van der Waals surface area contributed by atoms with Crippen LogP contribution in [0, 0.1) is 30.0 Å². The number of methoxy groups -OCH3 is 1. The Hall–Kier alpha value is -3.37. The molecule has 1 aliphatic heterocycles. The van der Waals surface area contributed by atoms with Crippen LogP contribution in [0.5, 0.6) is 11.5 Å². The van der Waals surface area contributed by atoms with Crippen LogP contribution in [0.4, 0.5) is 15.9 Å². The van der Waals surface area contributed by atoms with Gasteiger partial charge in [0.25, 0.3) is 0 Å². The molecule has 2 fully saturated rings. The van der Waals surface area contributed by atoms with E-state index in [9.17, 15) is 4.39 Å². The van der Waals surface area contributed by atoms with E-state index in [0.29, 0.717) is 35.1 Å². The van der Waals surface area contributed by atoms with Gasteiger partial charge in [0.2, 0.25) is 0 Å². The van der Waals surface area contributed by atoms with Crippen LogP contribution in [0.25, 0.3) is 10.9 Å². The third-order valence-corrected chi connectivity index (χ3v) is 6.98. The summed E-state index contributed by atoms with van der Waals surface area (Å²) in [4.78, 5) is 11.3. The first-order chi connectivity index (χ1) is 16.6. The van der Waals surface area contributed by atoms with Crippen LogP contribution in [0.1, 0.15) is 31.2 Å². The van der Waals surface area contributed by atoms with E-state index in [-0.39, 0.29) is 5.56 Å². The molecule has 5 rings (SSSR count). The van der Waals surface area contributed by atoms with E-state index in [2.05, 4.69) is 26.1 Å². The van der Waals surface area contributed by atoms with Gasteiger partial charge in [-0.05, 0) is 55.4 Å². The first kappa shape index (κ1) is 22.4. The van der Waals surface area contributed by atoms with Crippen LogP contribution in [0.15, 0.2) is 36.7 Å². The summed E-state index contributed by atoms with van der Waals surface area (Å²) in [5, 5.41) is 4.00. The van der Waals surface area contributed by atoms with Crippen molar-refractivity contribution in [2.24, 2.45) is 11.8 Å². The predicted molar refractivity (Wildman–Crippen MR) is 131 cm³/mol. The molecule has 1 saturated carbocycles. The number of hydrogen-bond donors (Lipinski definition) is 1. The Morgan fingerprint density at radius 2 is 1.97 bits per heavy atom. The lowest BCUT2D eigenvalue weighted by molar-refractivity contribution is 0.246. The molecule has 1 saturated heterocycles. The van der Waals surface area contributed by atoms with Gasteiger partial charge in [-0.2, -0.15) is 0 Å². The number of rotatable bonds is 8. The van der Waals surface area contributed by atoms with Gasteiger partial charge in [0.1, 0.15) is 18.0 Å². The largest absolute Gasteiger partial charge is 0.493 e. The molecule has 2 unspecified atom stereocenters. The van der Waals surface area contributed by atoms with Crippen molar-refractivity contribution in [1.29, 1.82) is 0 Å². The van der Waals surface area contributed by atoms with Crippen molar-refractivity contribution in [3.8, 4) is 23.8 Å². The molecule has 6 nitrogen and oxygen atoms in total. The van der Waals surface area contributed by atoms with E-state index in [0.717, 1.165) is 30.2 Å². The number of ether oxygens (including phenoxy) is 2. The van der Waals surface area contributed by atoms with Gasteiger partial charge in [0.05, 0.1) is 24.8 Å². The van der Waals surface area contributed by atoms with Crippen molar-refractivity contribution in [3.05, 3.63) is 48.0 Å². The Kier molecular flexibility index (Phi) is 6.50. The Bertz CT molecular complexity index is 1210. The summed E-state index contributed by atoms with van der Waals surface area (Å²) in [6.07, 6.45) is 12.0. The number of halogens is 1. The van der Waals surface area contributed by atoms with Gasteiger partial charge in [-0.25, -0.2) is 14.4 Å². The maximum atomic E-state index is 13.8. The smallest absolute Gasteiger partial charge is 0.162 e. The molecule has 176 valence electrons. The third-order valence-electron chi connectivity index (χ3n) is 6.98. The van der Waals surface area contributed by atoms with Crippen LogP contribution in [-0.4, -0.2) is 48.2 Å². The highest BCUT2D eigenvalue weighted by Gasteiger charge is 2.35. The van der Waals surface area contributed by atoms with Crippen LogP contribution in [0.2, 0.25) is 0 Å². The van der Waals surface area contributed by atoms with Crippen molar-refractivity contribution < 1.29 is 13.9 Å². The minimum atomic E-state index is -0.432. The first-order valence-electron chi connectivity index (χ1n) is 11.9. The fourth-order valence-corrected chi connectivity index (χ4v) is 5.27. The van der Waals surface area contributed by atoms with Crippen molar-refractivity contribution >= 4 is 22.4 Å². The first-order valence-corrected chi connectivity index (χ1v) is 11.9. The molecule has 3 aromatic rings. The lowest BCUT2D eigenvalue weighted by Crippen LogP contribution is -2.24. The number of fused-ring (bicyclic) bond motifs is 2. The number of likely N-dealkylation sites (tertiary alicyclic amines) is 1.